The van der Waals surface area contributed by atoms with Crippen LogP contribution < -0.4 is 0 Å². The summed E-state index contributed by atoms with van der Waals surface area (Å²) in [5, 5.41) is 0. The predicted molar refractivity (Wildman–Crippen MR) is 91.2 cm³/mol. The molecule has 9 nitrogen and oxygen atoms in total. The molecular weight excluding hydrogens is 393 g/mol. The van der Waals surface area contributed by atoms with Crippen LogP contribution in [0.3, 0.4) is 0 Å². The first kappa shape index (κ1) is 20.9. The molecule has 0 radical (unpaired) electrons. The van der Waals surface area contributed by atoms with E-state index in [4.69, 9.17) is 29.4 Å². The summed E-state index contributed by atoms with van der Waals surface area (Å²) in [6, 6.07) is 0. The zero-order chi connectivity index (χ0) is 17.8. The second kappa shape index (κ2) is 8.27. The lowest BCUT2D eigenvalue weighted by molar-refractivity contribution is -0.135. The van der Waals surface area contributed by atoms with Crippen LogP contribution in [0.1, 0.15) is 13.8 Å². The van der Waals surface area contributed by atoms with Gasteiger partial charge in [-0.1, -0.05) is 0 Å². The lowest BCUT2D eigenvalue weighted by Crippen LogP contribution is -2.58. The van der Waals surface area contributed by atoms with Crippen molar-refractivity contribution in [2.24, 2.45) is 0 Å². The third-order valence-electron chi connectivity index (χ3n) is 2.56. The Labute approximate surface area is 143 Å². The molecule has 0 saturated carbocycles. The van der Waals surface area contributed by atoms with E-state index in [9.17, 15) is 9.59 Å². The summed E-state index contributed by atoms with van der Waals surface area (Å²) in [5.74, 6) is -0.972. The van der Waals surface area contributed by atoms with Crippen molar-refractivity contribution in [1.82, 2.24) is 0 Å². The van der Waals surface area contributed by atoms with E-state index in [0.29, 0.717) is 0 Å². The van der Waals surface area contributed by atoms with E-state index in [2.05, 4.69) is 0 Å². The topological polar surface area (TPSA) is 98.8 Å². The van der Waals surface area contributed by atoms with Crippen LogP contribution in [0.4, 0.5) is 0 Å². The molecule has 0 spiro atoms. The summed E-state index contributed by atoms with van der Waals surface area (Å²) in [6.45, 7) is 11.2. The van der Waals surface area contributed by atoms with Crippen LogP contribution in [-0.4, -0.2) is 57.4 Å². The van der Waals surface area contributed by atoms with Gasteiger partial charge in [-0.05, 0) is 19.6 Å². The molecule has 14 heteroatoms. The lowest BCUT2D eigenvalue weighted by atomic mass is 10.9. The predicted octanol–water partition coefficient (Wildman–Crippen LogP) is -0.103. The van der Waals surface area contributed by atoms with Crippen LogP contribution in [0.2, 0.25) is 32.7 Å². The molecule has 0 N–H and O–H groups in total. The first-order valence-corrected chi connectivity index (χ1v) is 17.9. The largest absolute Gasteiger partial charge is 0.546 e. The quantitative estimate of drug-likeness (QED) is 0.571. The second-order valence-electron chi connectivity index (χ2n) is 5.22. The monoisotopic (exact) mass is 416 g/mol. The van der Waals surface area contributed by atoms with Crippen LogP contribution in [0.25, 0.3) is 0 Å². The molecule has 4 atom stereocenters. The van der Waals surface area contributed by atoms with E-state index in [0.717, 1.165) is 0 Å². The van der Waals surface area contributed by atoms with Gasteiger partial charge in [-0.15, -0.1) is 0 Å². The van der Waals surface area contributed by atoms with Crippen molar-refractivity contribution < 1.29 is 39.0 Å². The van der Waals surface area contributed by atoms with Crippen LogP contribution in [0, 0.1) is 0 Å². The molecule has 134 valence electrons. The van der Waals surface area contributed by atoms with Crippen molar-refractivity contribution >= 4 is 57.4 Å². The summed E-state index contributed by atoms with van der Waals surface area (Å²) >= 11 is 0. The minimum atomic E-state index is -3.22. The normalized spacial score (nSPS) is 39.3. The number of carbonyl (C=O) groups is 2. The summed E-state index contributed by atoms with van der Waals surface area (Å²) in [5.41, 5.74) is 0. The van der Waals surface area contributed by atoms with Gasteiger partial charge in [0.2, 0.25) is 0 Å². The number of hydrogen-bond acceptors (Lipinski definition) is 9. The zero-order valence-electron chi connectivity index (χ0n) is 14.4. The molecule has 1 heterocycles. The molecule has 0 aromatic heterocycles. The van der Waals surface area contributed by atoms with Gasteiger partial charge < -0.3 is 29.4 Å². The minimum Gasteiger partial charge on any atom is -0.475 e. The molecule has 0 aromatic carbocycles. The van der Waals surface area contributed by atoms with Crippen molar-refractivity contribution in [3.63, 3.8) is 0 Å². The highest BCUT2D eigenvalue weighted by atomic mass is 28.5. The molecule has 1 saturated heterocycles. The van der Waals surface area contributed by atoms with E-state index in [1.165, 1.54) is 13.8 Å². The molecule has 0 amide bonds. The van der Waals surface area contributed by atoms with Crippen LogP contribution in [-0.2, 0) is 39.0 Å². The Hall–Kier alpha value is -0.176. The van der Waals surface area contributed by atoms with Crippen molar-refractivity contribution in [2.45, 2.75) is 46.6 Å². The van der Waals surface area contributed by atoms with Crippen molar-refractivity contribution in [1.29, 1.82) is 0 Å². The highest BCUT2D eigenvalue weighted by Gasteiger charge is 2.49. The van der Waals surface area contributed by atoms with E-state index in [1.54, 1.807) is 19.6 Å². The first-order chi connectivity index (χ1) is 10.4. The maximum absolute atomic E-state index is 11.3. The highest BCUT2D eigenvalue weighted by molar-refractivity contribution is 6.81. The van der Waals surface area contributed by atoms with Gasteiger partial charge >= 0.3 is 45.5 Å². The number of hydrogen-bond donors (Lipinski definition) is 0. The Morgan fingerprint density at radius 2 is 1.04 bits per heavy atom. The average Bonchev–Trinajstić information content (AvgIpc) is 2.20. The Bertz CT molecular complexity index is 415. The summed E-state index contributed by atoms with van der Waals surface area (Å²) in [6.07, 6.45) is 0. The molecule has 4 unspecified atom stereocenters. The average molecular weight is 417 g/mol. The Morgan fingerprint density at radius 3 is 1.35 bits per heavy atom. The molecule has 0 bridgehead atoms. The van der Waals surface area contributed by atoms with Gasteiger partial charge in [-0.2, -0.15) is 0 Å². The number of carbonyl (C=O) groups excluding carboxylic acids is 2. The van der Waals surface area contributed by atoms with Gasteiger partial charge in [-0.25, -0.2) is 0 Å². The molecule has 1 aliphatic heterocycles. The SMILES string of the molecule is CC(=O)O[Si]1(C)O[SiH](C)O[SiH](C)O[Si](C)(OC(C)=O)O[SiH](C)O1. The standard InChI is InChI=1S/C9H24O9Si5/c1-8(10)12-22(6)15-19(3)14-20(4)16-23(7,13-9(2)11)18-21(5)17-22/h19-21H,1-7H3. The van der Waals surface area contributed by atoms with Gasteiger partial charge in [0.05, 0.1) is 0 Å². The Balaban J connectivity index is 3.02. The summed E-state index contributed by atoms with van der Waals surface area (Å²) < 4.78 is 39.7. The van der Waals surface area contributed by atoms with Gasteiger partial charge in [0.15, 0.2) is 0 Å². The molecule has 0 aromatic rings. The highest BCUT2D eigenvalue weighted by Crippen LogP contribution is 2.21. The van der Waals surface area contributed by atoms with Crippen molar-refractivity contribution in [3.8, 4) is 0 Å². The van der Waals surface area contributed by atoms with E-state index >= 15 is 0 Å². The van der Waals surface area contributed by atoms with E-state index in [-0.39, 0.29) is 0 Å². The Morgan fingerprint density at radius 1 is 0.739 bits per heavy atom. The molecule has 23 heavy (non-hydrogen) atoms. The summed E-state index contributed by atoms with van der Waals surface area (Å²) in [4.78, 5) is 22.7. The van der Waals surface area contributed by atoms with Gasteiger partial charge in [-0.3, -0.25) is 9.59 Å². The van der Waals surface area contributed by atoms with Crippen LogP contribution in [0.15, 0.2) is 0 Å². The van der Waals surface area contributed by atoms with Crippen LogP contribution >= 0.6 is 0 Å². The van der Waals surface area contributed by atoms with E-state index < -0.39 is 57.4 Å². The molecule has 0 aliphatic carbocycles. The van der Waals surface area contributed by atoms with Crippen LogP contribution in [0.5, 0.6) is 0 Å². The fraction of sp³-hybridized carbons (Fsp3) is 0.778. The minimum absolute atomic E-state index is 0.486. The third kappa shape index (κ3) is 7.50. The fourth-order valence-corrected chi connectivity index (χ4v) is 19.4. The first-order valence-electron chi connectivity index (χ1n) is 7.19. The smallest absolute Gasteiger partial charge is 0.475 e. The molecular formula is C9H24O9Si5. The lowest BCUT2D eigenvalue weighted by Gasteiger charge is -2.37. The third-order valence-corrected chi connectivity index (χ3v) is 19.1. The molecule has 1 rings (SSSR count). The van der Waals surface area contributed by atoms with Gasteiger partial charge in [0, 0.05) is 26.9 Å². The summed E-state index contributed by atoms with van der Waals surface area (Å²) in [7, 11) is -13.0. The fourth-order valence-electron chi connectivity index (χ4n) is 2.23. The van der Waals surface area contributed by atoms with Crippen molar-refractivity contribution in [2.75, 3.05) is 0 Å². The second-order valence-corrected chi connectivity index (χ2v) is 17.3. The zero-order valence-corrected chi connectivity index (χ0v) is 19.9. The van der Waals surface area contributed by atoms with Crippen molar-refractivity contribution in [3.05, 3.63) is 0 Å². The molecule has 1 aliphatic rings. The molecule has 1 fully saturated rings. The Kier molecular flexibility index (Phi) is 7.51. The maximum atomic E-state index is 11.3. The van der Waals surface area contributed by atoms with Gasteiger partial charge in [0.25, 0.3) is 11.9 Å². The van der Waals surface area contributed by atoms with E-state index in [1.807, 2.05) is 13.1 Å². The van der Waals surface area contributed by atoms with Gasteiger partial charge in [0.1, 0.15) is 0 Å². The maximum Gasteiger partial charge on any atom is 0.546 e. The number of rotatable bonds is 2.